The number of benzene rings is 1. The van der Waals surface area contributed by atoms with Crippen molar-refractivity contribution in [3.05, 3.63) is 35.9 Å². The summed E-state index contributed by atoms with van der Waals surface area (Å²) in [5, 5.41) is 9.01. The molecule has 6 nitrogen and oxygen atoms in total. The van der Waals surface area contributed by atoms with Gasteiger partial charge in [-0.3, -0.25) is 4.79 Å². The lowest BCUT2D eigenvalue weighted by molar-refractivity contribution is 0.0535. The fraction of sp³-hybridized carbons (Fsp3) is 0.300. The Kier molecular flexibility index (Phi) is 3.14. The van der Waals surface area contributed by atoms with Gasteiger partial charge in [0.2, 0.25) is 0 Å². The molecule has 1 heterocycles. The van der Waals surface area contributed by atoms with Gasteiger partial charge >= 0.3 is 10.2 Å². The average Bonchev–Trinajstić information content (AvgIpc) is 2.25. The van der Waals surface area contributed by atoms with Crippen molar-refractivity contribution in [2.45, 2.75) is 6.10 Å². The smallest absolute Gasteiger partial charge is 0.304 e. The highest BCUT2D eigenvalue weighted by Gasteiger charge is 2.35. The summed E-state index contributed by atoms with van der Waals surface area (Å²) in [5.74, 6) is -0.674. The summed E-state index contributed by atoms with van der Waals surface area (Å²) in [4.78, 5) is 11.6. The monoisotopic (exact) mass is 256 g/mol. The van der Waals surface area contributed by atoms with Crippen LogP contribution in [0.4, 0.5) is 0 Å². The molecule has 0 atom stereocenters. The van der Waals surface area contributed by atoms with E-state index in [1.54, 1.807) is 18.2 Å². The first kappa shape index (κ1) is 12.0. The first-order valence-corrected chi connectivity index (χ1v) is 6.48. The van der Waals surface area contributed by atoms with Crippen LogP contribution in [-0.4, -0.2) is 42.9 Å². The van der Waals surface area contributed by atoms with Gasteiger partial charge in [0.05, 0.1) is 6.10 Å². The molecule has 0 unspecified atom stereocenters. The third kappa shape index (κ3) is 2.63. The lowest BCUT2D eigenvalue weighted by Crippen LogP contribution is -2.57. The van der Waals surface area contributed by atoms with E-state index in [0.29, 0.717) is 0 Å². The van der Waals surface area contributed by atoms with E-state index in [1.807, 2.05) is 4.72 Å². The highest BCUT2D eigenvalue weighted by Crippen LogP contribution is 2.12. The molecule has 0 bridgehead atoms. The summed E-state index contributed by atoms with van der Waals surface area (Å²) in [7, 11) is -3.83. The molecule has 0 aromatic heterocycles. The van der Waals surface area contributed by atoms with Crippen LogP contribution in [0.3, 0.4) is 0 Å². The van der Waals surface area contributed by atoms with Crippen LogP contribution in [0.1, 0.15) is 10.4 Å². The van der Waals surface area contributed by atoms with E-state index >= 15 is 0 Å². The number of amides is 1. The molecule has 7 heteroatoms. The van der Waals surface area contributed by atoms with Crippen LogP contribution < -0.4 is 4.72 Å². The van der Waals surface area contributed by atoms with Gasteiger partial charge in [0, 0.05) is 18.7 Å². The summed E-state index contributed by atoms with van der Waals surface area (Å²) >= 11 is 0. The van der Waals surface area contributed by atoms with Crippen molar-refractivity contribution in [2.24, 2.45) is 0 Å². The second-order valence-electron chi connectivity index (χ2n) is 3.77. The third-order valence-electron chi connectivity index (χ3n) is 2.43. The first-order valence-electron chi connectivity index (χ1n) is 5.04. The molecule has 17 heavy (non-hydrogen) atoms. The van der Waals surface area contributed by atoms with Crippen LogP contribution in [0.15, 0.2) is 30.3 Å². The summed E-state index contributed by atoms with van der Waals surface area (Å²) in [6.45, 7) is 0.0504. The normalized spacial score (nSPS) is 17.5. The highest BCUT2D eigenvalue weighted by atomic mass is 32.2. The molecule has 1 aromatic carbocycles. The van der Waals surface area contributed by atoms with Gasteiger partial charge in [-0.1, -0.05) is 18.2 Å². The molecule has 1 aromatic rings. The SMILES string of the molecule is O=C(NS(=O)(=O)N1CC(O)C1)c1ccccc1. The maximum Gasteiger partial charge on any atom is 0.304 e. The minimum atomic E-state index is -3.83. The van der Waals surface area contributed by atoms with Crippen LogP contribution in [0.2, 0.25) is 0 Å². The van der Waals surface area contributed by atoms with Gasteiger partial charge < -0.3 is 5.11 Å². The largest absolute Gasteiger partial charge is 0.390 e. The van der Waals surface area contributed by atoms with Crippen LogP contribution >= 0.6 is 0 Å². The molecule has 2 N–H and O–H groups in total. The van der Waals surface area contributed by atoms with Crippen LogP contribution in [-0.2, 0) is 10.2 Å². The topological polar surface area (TPSA) is 86.7 Å². The van der Waals surface area contributed by atoms with Crippen molar-refractivity contribution in [3.8, 4) is 0 Å². The maximum absolute atomic E-state index is 11.6. The van der Waals surface area contributed by atoms with Gasteiger partial charge in [0.15, 0.2) is 0 Å². The second-order valence-corrected chi connectivity index (χ2v) is 5.44. The molecule has 2 rings (SSSR count). The van der Waals surface area contributed by atoms with E-state index in [1.165, 1.54) is 12.1 Å². The van der Waals surface area contributed by atoms with Gasteiger partial charge in [-0.05, 0) is 12.1 Å². The summed E-state index contributed by atoms with van der Waals surface area (Å²) in [6.07, 6.45) is -0.640. The van der Waals surface area contributed by atoms with Crippen LogP contribution in [0, 0.1) is 0 Å². The number of hydrogen-bond acceptors (Lipinski definition) is 4. The quantitative estimate of drug-likeness (QED) is 0.751. The van der Waals surface area contributed by atoms with Crippen molar-refractivity contribution < 1.29 is 18.3 Å². The van der Waals surface area contributed by atoms with Crippen molar-refractivity contribution in [1.82, 2.24) is 9.03 Å². The third-order valence-corrected chi connectivity index (χ3v) is 3.85. The predicted molar refractivity (Wildman–Crippen MR) is 60.4 cm³/mol. The molecule has 0 radical (unpaired) electrons. The van der Waals surface area contributed by atoms with Crippen molar-refractivity contribution in [3.63, 3.8) is 0 Å². The number of aliphatic hydroxyl groups excluding tert-OH is 1. The fourth-order valence-corrected chi connectivity index (χ4v) is 2.66. The van der Waals surface area contributed by atoms with Crippen LogP contribution in [0.5, 0.6) is 0 Å². The number of carbonyl (C=O) groups excluding carboxylic acids is 1. The molecule has 1 fully saturated rings. The van der Waals surface area contributed by atoms with Gasteiger partial charge in [0.25, 0.3) is 5.91 Å². The van der Waals surface area contributed by atoms with E-state index in [0.717, 1.165) is 4.31 Å². The lowest BCUT2D eigenvalue weighted by atomic mass is 10.2. The lowest BCUT2D eigenvalue weighted by Gasteiger charge is -2.34. The van der Waals surface area contributed by atoms with E-state index in [4.69, 9.17) is 5.11 Å². The molecule has 0 aliphatic carbocycles. The van der Waals surface area contributed by atoms with E-state index < -0.39 is 22.2 Å². The zero-order chi connectivity index (χ0) is 12.5. The molecule has 1 saturated heterocycles. The van der Waals surface area contributed by atoms with Gasteiger partial charge in [-0.25, -0.2) is 4.72 Å². The number of aliphatic hydroxyl groups is 1. The standard InChI is InChI=1S/C10H12N2O4S/c13-9-6-12(7-9)17(15,16)11-10(14)8-4-2-1-3-5-8/h1-5,9,13H,6-7H2,(H,11,14). The summed E-state index contributed by atoms with van der Waals surface area (Å²) in [6, 6.07) is 8.08. The van der Waals surface area contributed by atoms with Gasteiger partial charge in [-0.2, -0.15) is 12.7 Å². The average molecular weight is 256 g/mol. The molecule has 92 valence electrons. The molecular formula is C10H12N2O4S. The first-order chi connectivity index (χ1) is 7.99. The Bertz CT molecular complexity index is 508. The second kappa shape index (κ2) is 4.44. The fourth-order valence-electron chi connectivity index (χ4n) is 1.44. The Morgan fingerprint density at radius 1 is 1.29 bits per heavy atom. The Hall–Kier alpha value is -1.44. The predicted octanol–water partition coefficient (Wildman–Crippen LogP) is -0.662. The molecular weight excluding hydrogens is 244 g/mol. The van der Waals surface area contributed by atoms with Gasteiger partial charge in [0.1, 0.15) is 0 Å². The van der Waals surface area contributed by atoms with Crippen molar-refractivity contribution >= 4 is 16.1 Å². The molecule has 1 aliphatic heterocycles. The number of rotatable bonds is 3. The van der Waals surface area contributed by atoms with Gasteiger partial charge in [-0.15, -0.1) is 0 Å². The Balaban J connectivity index is 2.04. The maximum atomic E-state index is 11.6. The number of hydrogen-bond donors (Lipinski definition) is 2. The number of carbonyl (C=O) groups is 1. The zero-order valence-electron chi connectivity index (χ0n) is 8.91. The molecule has 0 spiro atoms. The minimum absolute atomic E-state index is 0.0252. The van der Waals surface area contributed by atoms with E-state index in [9.17, 15) is 13.2 Å². The number of nitrogens with zero attached hydrogens (tertiary/aromatic N) is 1. The Morgan fingerprint density at radius 2 is 1.88 bits per heavy atom. The number of nitrogens with one attached hydrogen (secondary N) is 1. The van der Waals surface area contributed by atoms with Crippen molar-refractivity contribution in [2.75, 3.05) is 13.1 Å². The van der Waals surface area contributed by atoms with E-state index in [2.05, 4.69) is 0 Å². The minimum Gasteiger partial charge on any atom is -0.390 e. The Labute approximate surface area is 99.0 Å². The summed E-state index contributed by atoms with van der Waals surface area (Å²) in [5.41, 5.74) is 0.275. The van der Waals surface area contributed by atoms with Crippen LogP contribution in [0.25, 0.3) is 0 Å². The van der Waals surface area contributed by atoms with E-state index in [-0.39, 0.29) is 18.7 Å². The molecule has 1 aliphatic rings. The highest BCUT2D eigenvalue weighted by molar-refractivity contribution is 7.87. The Morgan fingerprint density at radius 3 is 2.41 bits per heavy atom. The zero-order valence-corrected chi connectivity index (χ0v) is 9.72. The summed E-state index contributed by atoms with van der Waals surface area (Å²) < 4.78 is 26.2. The number of β-amino-alcohol motifs (C(OH)–C–C–N with tert-alkyl or cyclic N) is 1. The van der Waals surface area contributed by atoms with Crippen molar-refractivity contribution in [1.29, 1.82) is 0 Å². The molecule has 0 saturated carbocycles. The molecule has 1 amide bonds.